The maximum Gasteiger partial charge on any atom is 0.324 e. The highest BCUT2D eigenvalue weighted by molar-refractivity contribution is 7.92. The van der Waals surface area contributed by atoms with Gasteiger partial charge in [0.05, 0.1) is 23.4 Å². The van der Waals surface area contributed by atoms with Gasteiger partial charge in [0.15, 0.2) is 0 Å². The maximum atomic E-state index is 13.3. The number of aromatic nitrogens is 1. The molecule has 0 fully saturated rings. The number of carboxylic acids is 1. The van der Waals surface area contributed by atoms with Crippen molar-refractivity contribution in [2.45, 2.75) is 4.90 Å². The minimum atomic E-state index is -4.13. The predicted molar refractivity (Wildman–Crippen MR) is 115 cm³/mol. The van der Waals surface area contributed by atoms with E-state index in [2.05, 4.69) is 4.98 Å². The molecule has 1 aromatic heterocycles. The Bertz CT molecular complexity index is 1140. The van der Waals surface area contributed by atoms with E-state index in [-0.39, 0.29) is 10.6 Å². The van der Waals surface area contributed by atoms with Crippen LogP contribution in [0.3, 0.4) is 0 Å². The van der Waals surface area contributed by atoms with Gasteiger partial charge in [0, 0.05) is 6.20 Å². The molecule has 2 aromatic carbocycles. The minimum Gasteiger partial charge on any atom is -0.497 e. The number of aliphatic carboxylic acids is 1. The van der Waals surface area contributed by atoms with E-state index in [9.17, 15) is 18.3 Å². The quantitative estimate of drug-likeness (QED) is 0.594. The zero-order valence-electron chi connectivity index (χ0n) is 16.2. The summed E-state index contributed by atoms with van der Waals surface area (Å²) in [6, 6.07) is 17.9. The molecule has 154 valence electrons. The Morgan fingerprint density at radius 2 is 1.73 bits per heavy atom. The van der Waals surface area contributed by atoms with Gasteiger partial charge in [0.25, 0.3) is 10.0 Å². The first-order valence-corrected chi connectivity index (χ1v) is 10.4. The molecule has 0 atom stereocenters. The third-order valence-electron chi connectivity index (χ3n) is 4.25. The van der Waals surface area contributed by atoms with Crippen LogP contribution in [0.4, 0.5) is 5.69 Å². The number of nitrogens with zero attached hydrogens (tertiary/aromatic N) is 2. The number of hydrogen-bond donors (Lipinski definition) is 1. The Balaban J connectivity index is 2.06. The summed E-state index contributed by atoms with van der Waals surface area (Å²) >= 11 is 0. The molecule has 0 saturated heterocycles. The van der Waals surface area contributed by atoms with Crippen LogP contribution >= 0.6 is 0 Å². The van der Waals surface area contributed by atoms with Gasteiger partial charge in [0.2, 0.25) is 0 Å². The monoisotopic (exact) mass is 424 g/mol. The molecule has 7 nitrogen and oxygen atoms in total. The van der Waals surface area contributed by atoms with Crippen molar-refractivity contribution in [3.8, 4) is 5.75 Å². The van der Waals surface area contributed by atoms with E-state index in [0.29, 0.717) is 17.0 Å². The second kappa shape index (κ2) is 9.23. The summed E-state index contributed by atoms with van der Waals surface area (Å²) < 4.78 is 32.5. The lowest BCUT2D eigenvalue weighted by Crippen LogP contribution is -2.36. The second-order valence-corrected chi connectivity index (χ2v) is 8.09. The molecule has 3 rings (SSSR count). The zero-order valence-corrected chi connectivity index (χ0v) is 17.0. The lowest BCUT2D eigenvalue weighted by Gasteiger charge is -2.24. The Labute approximate surface area is 174 Å². The number of ether oxygens (including phenoxy) is 1. The molecule has 1 heterocycles. The van der Waals surface area contributed by atoms with Gasteiger partial charge >= 0.3 is 5.97 Å². The number of rotatable bonds is 8. The van der Waals surface area contributed by atoms with Crippen molar-refractivity contribution in [1.82, 2.24) is 4.98 Å². The van der Waals surface area contributed by atoms with Crippen LogP contribution in [0.1, 0.15) is 11.3 Å². The van der Waals surface area contributed by atoms with Crippen LogP contribution in [0, 0.1) is 0 Å². The first-order valence-electron chi connectivity index (χ1n) is 8.98. The lowest BCUT2D eigenvalue weighted by atomic mass is 10.1. The van der Waals surface area contributed by atoms with Gasteiger partial charge in [-0.15, -0.1) is 0 Å². The molecule has 0 amide bonds. The Hall–Kier alpha value is -3.65. The highest BCUT2D eigenvalue weighted by atomic mass is 32.2. The van der Waals surface area contributed by atoms with Gasteiger partial charge in [-0.25, -0.2) is 8.42 Å². The number of pyridine rings is 1. The summed E-state index contributed by atoms with van der Waals surface area (Å²) in [6.07, 6.45) is 5.09. The van der Waals surface area contributed by atoms with Crippen LogP contribution in [0.25, 0.3) is 12.2 Å². The van der Waals surface area contributed by atoms with Crippen LogP contribution in [-0.4, -0.2) is 38.1 Å². The molecule has 1 N–H and O–H groups in total. The first-order chi connectivity index (χ1) is 14.4. The van der Waals surface area contributed by atoms with E-state index in [1.54, 1.807) is 48.7 Å². The zero-order chi connectivity index (χ0) is 21.6. The molecule has 3 aromatic rings. The Morgan fingerprint density at radius 1 is 1.03 bits per heavy atom. The Morgan fingerprint density at radius 3 is 2.37 bits per heavy atom. The number of methoxy groups -OCH3 is 1. The van der Waals surface area contributed by atoms with E-state index in [1.807, 2.05) is 12.1 Å². The molecule has 0 radical (unpaired) electrons. The molecule has 0 aliphatic heterocycles. The van der Waals surface area contributed by atoms with Gasteiger partial charge in [-0.3, -0.25) is 14.1 Å². The van der Waals surface area contributed by atoms with Crippen molar-refractivity contribution in [3.05, 3.63) is 84.2 Å². The molecule has 0 unspecified atom stereocenters. The van der Waals surface area contributed by atoms with Crippen molar-refractivity contribution in [2.75, 3.05) is 18.0 Å². The van der Waals surface area contributed by atoms with Crippen molar-refractivity contribution >= 4 is 33.8 Å². The van der Waals surface area contributed by atoms with E-state index >= 15 is 0 Å². The van der Waals surface area contributed by atoms with Gasteiger partial charge in [-0.1, -0.05) is 30.3 Å². The molecule has 0 saturated carbocycles. The highest BCUT2D eigenvalue weighted by Gasteiger charge is 2.28. The molecule has 30 heavy (non-hydrogen) atoms. The summed E-state index contributed by atoms with van der Waals surface area (Å²) in [5.74, 6) is -0.770. The molecule has 0 aliphatic rings. The molecular weight excluding hydrogens is 404 g/mol. The van der Waals surface area contributed by atoms with Crippen molar-refractivity contribution < 1.29 is 23.1 Å². The minimum absolute atomic E-state index is 0.0342. The third-order valence-corrected chi connectivity index (χ3v) is 6.03. The van der Waals surface area contributed by atoms with Gasteiger partial charge in [0.1, 0.15) is 12.3 Å². The van der Waals surface area contributed by atoms with Crippen LogP contribution in [0.2, 0.25) is 0 Å². The van der Waals surface area contributed by atoms with Crippen molar-refractivity contribution in [1.29, 1.82) is 0 Å². The summed E-state index contributed by atoms with van der Waals surface area (Å²) in [7, 11) is -2.66. The normalized spacial score (nSPS) is 11.4. The number of carbonyl (C=O) groups is 1. The third kappa shape index (κ3) is 4.84. The second-order valence-electron chi connectivity index (χ2n) is 6.23. The van der Waals surface area contributed by atoms with Crippen LogP contribution < -0.4 is 9.04 Å². The number of carboxylic acid groups (broad SMARTS) is 1. The SMILES string of the molecule is COc1ccc(S(=O)(=O)N(CC(=O)O)c2ccccc2/C=C\c2ccccn2)cc1. The summed E-state index contributed by atoms with van der Waals surface area (Å²) in [4.78, 5) is 15.7. The average molecular weight is 424 g/mol. The fourth-order valence-electron chi connectivity index (χ4n) is 2.80. The van der Waals surface area contributed by atoms with E-state index in [0.717, 1.165) is 4.31 Å². The lowest BCUT2D eigenvalue weighted by molar-refractivity contribution is -0.135. The maximum absolute atomic E-state index is 13.3. The highest BCUT2D eigenvalue weighted by Crippen LogP contribution is 2.29. The molecule has 8 heteroatoms. The van der Waals surface area contributed by atoms with Gasteiger partial charge in [-0.2, -0.15) is 0 Å². The summed E-state index contributed by atoms with van der Waals surface area (Å²) in [5.41, 5.74) is 1.49. The van der Waals surface area contributed by atoms with Crippen LogP contribution in [-0.2, 0) is 14.8 Å². The number of para-hydroxylation sites is 1. The molecule has 0 bridgehead atoms. The first kappa shape index (κ1) is 21.1. The smallest absolute Gasteiger partial charge is 0.324 e. The number of benzene rings is 2. The number of hydrogen-bond acceptors (Lipinski definition) is 5. The number of sulfonamides is 1. The molecular formula is C22H20N2O5S. The van der Waals surface area contributed by atoms with E-state index < -0.39 is 22.5 Å². The van der Waals surface area contributed by atoms with Crippen molar-refractivity contribution in [2.24, 2.45) is 0 Å². The standard InChI is InChI=1S/C22H20N2O5S/c1-29-19-11-13-20(14-12-19)30(27,28)24(16-22(25)26)21-8-3-2-6-17(21)9-10-18-7-4-5-15-23-18/h2-15H,16H2,1H3,(H,25,26)/b10-9-. The summed E-state index contributed by atoms with van der Waals surface area (Å²) in [5, 5.41) is 9.38. The van der Waals surface area contributed by atoms with Gasteiger partial charge < -0.3 is 9.84 Å². The van der Waals surface area contributed by atoms with Crippen LogP contribution in [0.5, 0.6) is 5.75 Å². The average Bonchev–Trinajstić information content (AvgIpc) is 2.77. The fraction of sp³-hybridized carbons (Fsp3) is 0.0909. The Kier molecular flexibility index (Phi) is 6.48. The van der Waals surface area contributed by atoms with Crippen LogP contribution in [0.15, 0.2) is 77.8 Å². The topological polar surface area (TPSA) is 96.8 Å². The van der Waals surface area contributed by atoms with E-state index in [4.69, 9.17) is 4.74 Å². The predicted octanol–water partition coefficient (Wildman–Crippen LogP) is 3.54. The fourth-order valence-corrected chi connectivity index (χ4v) is 4.24. The molecule has 0 spiro atoms. The summed E-state index contributed by atoms with van der Waals surface area (Å²) in [6.45, 7) is -0.719. The van der Waals surface area contributed by atoms with Gasteiger partial charge in [-0.05, 0) is 54.1 Å². The number of anilines is 1. The van der Waals surface area contributed by atoms with E-state index in [1.165, 1.54) is 31.4 Å². The molecule has 0 aliphatic carbocycles. The van der Waals surface area contributed by atoms with Crippen molar-refractivity contribution in [3.63, 3.8) is 0 Å². The largest absolute Gasteiger partial charge is 0.497 e.